The Labute approximate surface area is 103 Å². The number of aromatic nitrogens is 1. The van der Waals surface area contributed by atoms with E-state index in [1.165, 1.54) is 38.5 Å². The van der Waals surface area contributed by atoms with Gasteiger partial charge in [0.2, 0.25) is 0 Å². The summed E-state index contributed by atoms with van der Waals surface area (Å²) in [6, 6.07) is 2.01. The molecule has 3 heteroatoms. The molecule has 2 N–H and O–H groups in total. The van der Waals surface area contributed by atoms with Crippen LogP contribution in [0.15, 0.2) is 12.3 Å². The molecule has 1 saturated carbocycles. The van der Waals surface area contributed by atoms with Crippen molar-refractivity contribution in [1.82, 2.24) is 4.98 Å². The van der Waals surface area contributed by atoms with Crippen LogP contribution in [0, 0.1) is 6.92 Å². The summed E-state index contributed by atoms with van der Waals surface area (Å²) in [6.07, 6.45) is 9.81. The molecule has 1 heterocycles. The highest BCUT2D eigenvalue weighted by Crippen LogP contribution is 2.25. The summed E-state index contributed by atoms with van der Waals surface area (Å²) in [6.45, 7) is 2.48. The van der Waals surface area contributed by atoms with E-state index in [0.29, 0.717) is 12.6 Å². The summed E-state index contributed by atoms with van der Waals surface area (Å²) >= 11 is 0. The van der Waals surface area contributed by atoms with Gasteiger partial charge in [0.05, 0.1) is 6.10 Å². The fourth-order valence-electron chi connectivity index (χ4n) is 2.37. The third-order valence-electron chi connectivity index (χ3n) is 3.40. The largest absolute Gasteiger partial charge is 0.490 e. The Morgan fingerprint density at radius 1 is 1.29 bits per heavy atom. The lowest BCUT2D eigenvalue weighted by molar-refractivity contribution is 0.181. The molecule has 0 saturated heterocycles. The van der Waals surface area contributed by atoms with Gasteiger partial charge in [0, 0.05) is 30.1 Å². The SMILES string of the molecule is Cc1cc(OC2CCCCCC2)c(CN)cn1. The number of hydrogen-bond donors (Lipinski definition) is 1. The Bertz CT molecular complexity index is 357. The van der Waals surface area contributed by atoms with E-state index in [1.807, 2.05) is 19.2 Å². The van der Waals surface area contributed by atoms with Gasteiger partial charge in [-0.2, -0.15) is 0 Å². The van der Waals surface area contributed by atoms with Gasteiger partial charge in [0.25, 0.3) is 0 Å². The lowest BCUT2D eigenvalue weighted by atomic mass is 10.1. The monoisotopic (exact) mass is 234 g/mol. The molecule has 1 aromatic heterocycles. The summed E-state index contributed by atoms with van der Waals surface area (Å²) in [4.78, 5) is 4.26. The number of rotatable bonds is 3. The van der Waals surface area contributed by atoms with Crippen LogP contribution in [0.3, 0.4) is 0 Å². The predicted molar refractivity (Wildman–Crippen MR) is 69.0 cm³/mol. The highest BCUT2D eigenvalue weighted by atomic mass is 16.5. The highest BCUT2D eigenvalue weighted by molar-refractivity contribution is 5.32. The molecular weight excluding hydrogens is 212 g/mol. The van der Waals surface area contributed by atoms with Crippen LogP contribution < -0.4 is 10.5 Å². The minimum Gasteiger partial charge on any atom is -0.490 e. The van der Waals surface area contributed by atoms with Crippen molar-refractivity contribution >= 4 is 0 Å². The van der Waals surface area contributed by atoms with Crippen LogP contribution >= 0.6 is 0 Å². The standard InChI is InChI=1S/C14H22N2O/c1-11-8-14(12(9-15)10-16-11)17-13-6-4-2-3-5-7-13/h8,10,13H,2-7,9,15H2,1H3. The molecule has 0 bridgehead atoms. The van der Waals surface area contributed by atoms with Gasteiger partial charge in [-0.3, -0.25) is 4.98 Å². The van der Waals surface area contributed by atoms with E-state index in [0.717, 1.165) is 17.0 Å². The summed E-state index contributed by atoms with van der Waals surface area (Å²) in [5, 5.41) is 0. The number of hydrogen-bond acceptors (Lipinski definition) is 3. The molecule has 2 rings (SSSR count). The average molecular weight is 234 g/mol. The third-order valence-corrected chi connectivity index (χ3v) is 3.40. The number of nitrogens with zero attached hydrogens (tertiary/aromatic N) is 1. The van der Waals surface area contributed by atoms with Gasteiger partial charge in [0.1, 0.15) is 5.75 Å². The van der Waals surface area contributed by atoms with Gasteiger partial charge in [-0.05, 0) is 32.6 Å². The Hall–Kier alpha value is -1.09. The van der Waals surface area contributed by atoms with Gasteiger partial charge in [-0.1, -0.05) is 12.8 Å². The molecule has 94 valence electrons. The maximum absolute atomic E-state index is 6.12. The average Bonchev–Trinajstić information content (AvgIpc) is 2.58. The van der Waals surface area contributed by atoms with Gasteiger partial charge in [-0.25, -0.2) is 0 Å². The number of pyridine rings is 1. The van der Waals surface area contributed by atoms with Crippen molar-refractivity contribution in [2.45, 2.75) is 58.1 Å². The summed E-state index contributed by atoms with van der Waals surface area (Å²) in [5.74, 6) is 0.937. The molecule has 0 unspecified atom stereocenters. The molecule has 0 aliphatic heterocycles. The second kappa shape index (κ2) is 6.01. The maximum atomic E-state index is 6.12. The minimum atomic E-state index is 0.365. The van der Waals surface area contributed by atoms with E-state index in [9.17, 15) is 0 Å². The molecular formula is C14H22N2O. The van der Waals surface area contributed by atoms with Crippen LogP contribution in [-0.4, -0.2) is 11.1 Å². The smallest absolute Gasteiger partial charge is 0.127 e. The predicted octanol–water partition coefficient (Wildman–Crippen LogP) is 2.95. The van der Waals surface area contributed by atoms with E-state index < -0.39 is 0 Å². The van der Waals surface area contributed by atoms with Crippen molar-refractivity contribution < 1.29 is 4.74 Å². The molecule has 0 atom stereocenters. The third kappa shape index (κ3) is 3.43. The normalized spacial score (nSPS) is 17.8. The molecule has 0 spiro atoms. The first-order chi connectivity index (χ1) is 8.29. The second-order valence-corrected chi connectivity index (χ2v) is 4.87. The van der Waals surface area contributed by atoms with Gasteiger partial charge in [0.15, 0.2) is 0 Å². The Kier molecular flexibility index (Phi) is 4.37. The Morgan fingerprint density at radius 2 is 2.00 bits per heavy atom. The Morgan fingerprint density at radius 3 is 2.65 bits per heavy atom. The number of nitrogens with two attached hydrogens (primary N) is 1. The van der Waals surface area contributed by atoms with Crippen LogP contribution in [-0.2, 0) is 6.54 Å². The molecule has 0 radical (unpaired) electrons. The maximum Gasteiger partial charge on any atom is 0.127 e. The zero-order valence-corrected chi connectivity index (χ0v) is 10.6. The highest BCUT2D eigenvalue weighted by Gasteiger charge is 2.15. The molecule has 0 aromatic carbocycles. The topological polar surface area (TPSA) is 48.1 Å². The summed E-state index contributed by atoms with van der Waals surface area (Å²) in [5.41, 5.74) is 7.72. The van der Waals surface area contributed by atoms with Crippen LogP contribution in [0.1, 0.15) is 49.8 Å². The first-order valence-electron chi connectivity index (χ1n) is 6.62. The van der Waals surface area contributed by atoms with Crippen molar-refractivity contribution in [3.8, 4) is 5.75 Å². The zero-order chi connectivity index (χ0) is 12.1. The quantitative estimate of drug-likeness (QED) is 0.818. The summed E-state index contributed by atoms with van der Waals surface area (Å²) in [7, 11) is 0. The number of aryl methyl sites for hydroxylation is 1. The molecule has 1 fully saturated rings. The number of ether oxygens (including phenoxy) is 1. The van der Waals surface area contributed by atoms with Crippen molar-refractivity contribution in [3.05, 3.63) is 23.5 Å². The first-order valence-corrected chi connectivity index (χ1v) is 6.62. The fourth-order valence-corrected chi connectivity index (χ4v) is 2.37. The van der Waals surface area contributed by atoms with Crippen molar-refractivity contribution in [3.63, 3.8) is 0 Å². The first kappa shape index (κ1) is 12.4. The Balaban J connectivity index is 2.07. The second-order valence-electron chi connectivity index (χ2n) is 4.87. The van der Waals surface area contributed by atoms with Gasteiger partial charge in [-0.15, -0.1) is 0 Å². The van der Waals surface area contributed by atoms with E-state index in [4.69, 9.17) is 10.5 Å². The van der Waals surface area contributed by atoms with E-state index in [2.05, 4.69) is 4.98 Å². The molecule has 0 amide bonds. The molecule has 17 heavy (non-hydrogen) atoms. The van der Waals surface area contributed by atoms with Crippen LogP contribution in [0.5, 0.6) is 5.75 Å². The van der Waals surface area contributed by atoms with E-state index >= 15 is 0 Å². The van der Waals surface area contributed by atoms with Crippen molar-refractivity contribution in [1.29, 1.82) is 0 Å². The lowest BCUT2D eigenvalue weighted by Crippen LogP contribution is -2.17. The van der Waals surface area contributed by atoms with Crippen LogP contribution in [0.2, 0.25) is 0 Å². The molecule has 1 aromatic rings. The van der Waals surface area contributed by atoms with Gasteiger partial charge < -0.3 is 10.5 Å². The van der Waals surface area contributed by atoms with Crippen molar-refractivity contribution in [2.75, 3.05) is 0 Å². The van der Waals surface area contributed by atoms with Crippen molar-refractivity contribution in [2.24, 2.45) is 5.73 Å². The van der Waals surface area contributed by atoms with E-state index in [1.54, 1.807) is 0 Å². The van der Waals surface area contributed by atoms with Gasteiger partial charge >= 0.3 is 0 Å². The minimum absolute atomic E-state index is 0.365. The van der Waals surface area contributed by atoms with Crippen LogP contribution in [0.25, 0.3) is 0 Å². The van der Waals surface area contributed by atoms with Crippen LogP contribution in [0.4, 0.5) is 0 Å². The molecule has 3 nitrogen and oxygen atoms in total. The lowest BCUT2D eigenvalue weighted by Gasteiger charge is -2.19. The van der Waals surface area contributed by atoms with E-state index in [-0.39, 0.29) is 0 Å². The summed E-state index contributed by atoms with van der Waals surface area (Å²) < 4.78 is 6.12. The zero-order valence-electron chi connectivity index (χ0n) is 10.6. The molecule has 1 aliphatic rings. The fraction of sp³-hybridized carbons (Fsp3) is 0.643. The molecule has 1 aliphatic carbocycles.